The first-order valence-corrected chi connectivity index (χ1v) is 9.40. The summed E-state index contributed by atoms with van der Waals surface area (Å²) in [6.07, 6.45) is 1.51. The van der Waals surface area contributed by atoms with Gasteiger partial charge in [0.1, 0.15) is 27.5 Å². The number of anilines is 1. The highest BCUT2D eigenvalue weighted by Crippen LogP contribution is 2.28. The van der Waals surface area contributed by atoms with Crippen LogP contribution in [0.4, 0.5) is 5.82 Å². The molecule has 1 aromatic carbocycles. The number of aryl methyl sites for hydroxylation is 1. The van der Waals surface area contributed by atoms with Crippen molar-refractivity contribution in [1.29, 1.82) is 0 Å². The number of hydrogen-bond donors (Lipinski definition) is 2. The lowest BCUT2D eigenvalue weighted by Crippen LogP contribution is -2.07. The number of hydrogen-bond acceptors (Lipinski definition) is 7. The molecule has 0 radical (unpaired) electrons. The summed E-state index contributed by atoms with van der Waals surface area (Å²) in [5.41, 5.74) is 2.00. The van der Waals surface area contributed by atoms with Gasteiger partial charge in [-0.15, -0.1) is 11.3 Å². The van der Waals surface area contributed by atoms with Crippen LogP contribution in [0.25, 0.3) is 16.1 Å². The fourth-order valence-corrected chi connectivity index (χ4v) is 3.35. The predicted octanol–water partition coefficient (Wildman–Crippen LogP) is 4.50. The molecular weight excluding hydrogens is 362 g/mol. The van der Waals surface area contributed by atoms with Crippen LogP contribution < -0.4 is 10.1 Å². The molecule has 0 aliphatic rings. The van der Waals surface area contributed by atoms with E-state index in [2.05, 4.69) is 15.3 Å². The van der Waals surface area contributed by atoms with Gasteiger partial charge in [-0.1, -0.05) is 19.1 Å². The van der Waals surface area contributed by atoms with E-state index in [0.717, 1.165) is 21.0 Å². The number of fused-ring (bicyclic) bond motifs is 1. The number of ketones is 1. The Balaban J connectivity index is 1.94. The maximum absolute atomic E-state index is 11.7. The molecule has 27 heavy (non-hydrogen) atoms. The second-order valence-electron chi connectivity index (χ2n) is 6.02. The fraction of sp³-hybridized carbons (Fsp3) is 0.250. The van der Waals surface area contributed by atoms with Gasteiger partial charge in [-0.05, 0) is 30.7 Å². The van der Waals surface area contributed by atoms with Gasteiger partial charge >= 0.3 is 0 Å². The number of aliphatic hydroxyl groups excluding tert-OH is 1. The van der Waals surface area contributed by atoms with Crippen LogP contribution in [0.15, 0.2) is 36.4 Å². The lowest BCUT2D eigenvalue weighted by molar-refractivity contribution is -0.114. The number of nitrogens with zero attached hydrogens (tertiary/aromatic N) is 2. The lowest BCUT2D eigenvalue weighted by Gasteiger charge is -2.11. The number of aliphatic hydroxyl groups is 1. The molecule has 3 aromatic rings. The Hall–Kier alpha value is -2.93. The number of nitrogens with one attached hydrogen (secondary N) is 1. The van der Waals surface area contributed by atoms with Gasteiger partial charge in [-0.3, -0.25) is 4.79 Å². The smallest absolute Gasteiger partial charge is 0.159 e. The predicted molar refractivity (Wildman–Crippen MR) is 108 cm³/mol. The SMILES string of the molecule is CCC(=O)C=C(O)c1nc2cc(C)sc2nc1NCc1ccc(OC)cc1. The summed E-state index contributed by atoms with van der Waals surface area (Å²) in [7, 11) is 1.63. The van der Waals surface area contributed by atoms with Crippen molar-refractivity contribution in [3.8, 4) is 5.75 Å². The van der Waals surface area contributed by atoms with Gasteiger partial charge in [0.2, 0.25) is 0 Å². The summed E-state index contributed by atoms with van der Waals surface area (Å²) >= 11 is 1.53. The Morgan fingerprint density at radius 3 is 2.70 bits per heavy atom. The maximum atomic E-state index is 11.7. The number of aromatic nitrogens is 2. The van der Waals surface area contributed by atoms with E-state index in [1.54, 1.807) is 14.0 Å². The molecule has 0 saturated carbocycles. The molecule has 140 valence electrons. The van der Waals surface area contributed by atoms with Crippen LogP contribution in [0, 0.1) is 6.92 Å². The van der Waals surface area contributed by atoms with Crippen LogP contribution in [-0.4, -0.2) is 28.0 Å². The van der Waals surface area contributed by atoms with Crippen molar-refractivity contribution in [3.63, 3.8) is 0 Å². The van der Waals surface area contributed by atoms with Gasteiger partial charge < -0.3 is 15.2 Å². The van der Waals surface area contributed by atoms with Crippen LogP contribution in [0.3, 0.4) is 0 Å². The Morgan fingerprint density at radius 2 is 2.04 bits per heavy atom. The van der Waals surface area contributed by atoms with Crippen LogP contribution in [0.2, 0.25) is 0 Å². The van der Waals surface area contributed by atoms with Gasteiger partial charge in [-0.25, -0.2) is 9.97 Å². The van der Waals surface area contributed by atoms with Crippen LogP contribution in [0.1, 0.15) is 29.5 Å². The highest BCUT2D eigenvalue weighted by Gasteiger charge is 2.15. The molecule has 6 nitrogen and oxygen atoms in total. The number of methoxy groups -OCH3 is 1. The molecule has 0 bridgehead atoms. The van der Waals surface area contributed by atoms with E-state index in [-0.39, 0.29) is 17.2 Å². The summed E-state index contributed by atoms with van der Waals surface area (Å²) in [5.74, 6) is 0.875. The third kappa shape index (κ3) is 4.43. The molecule has 2 heterocycles. The van der Waals surface area contributed by atoms with E-state index < -0.39 is 0 Å². The summed E-state index contributed by atoms with van der Waals surface area (Å²) in [5, 5.41) is 13.6. The normalized spacial score (nSPS) is 11.6. The Morgan fingerprint density at radius 1 is 1.30 bits per heavy atom. The van der Waals surface area contributed by atoms with E-state index in [1.165, 1.54) is 17.4 Å². The number of allylic oxidation sites excluding steroid dienone is 1. The van der Waals surface area contributed by atoms with Crippen molar-refractivity contribution in [2.45, 2.75) is 26.8 Å². The zero-order chi connectivity index (χ0) is 19.4. The second-order valence-corrected chi connectivity index (χ2v) is 7.25. The molecule has 0 saturated heterocycles. The number of rotatable bonds is 7. The van der Waals surface area contributed by atoms with E-state index in [4.69, 9.17) is 4.74 Å². The second kappa shape index (κ2) is 8.18. The lowest BCUT2D eigenvalue weighted by atomic mass is 10.2. The summed E-state index contributed by atoms with van der Waals surface area (Å²) < 4.78 is 5.17. The molecule has 0 atom stereocenters. The van der Waals surface area contributed by atoms with E-state index in [9.17, 15) is 9.90 Å². The monoisotopic (exact) mass is 383 g/mol. The van der Waals surface area contributed by atoms with Crippen molar-refractivity contribution in [3.05, 3.63) is 52.5 Å². The number of carbonyl (C=O) groups excluding carboxylic acids is 1. The van der Waals surface area contributed by atoms with Gasteiger partial charge in [0.15, 0.2) is 11.6 Å². The molecule has 2 N–H and O–H groups in total. The molecule has 0 aliphatic carbocycles. The first-order valence-electron chi connectivity index (χ1n) is 8.59. The van der Waals surface area contributed by atoms with Crippen molar-refractivity contribution in [2.75, 3.05) is 12.4 Å². The van der Waals surface area contributed by atoms with Gasteiger partial charge in [-0.2, -0.15) is 0 Å². The summed E-state index contributed by atoms with van der Waals surface area (Å²) in [6, 6.07) is 9.57. The van der Waals surface area contributed by atoms with Crippen LogP contribution >= 0.6 is 11.3 Å². The van der Waals surface area contributed by atoms with Gasteiger partial charge in [0.25, 0.3) is 0 Å². The average molecular weight is 383 g/mol. The van der Waals surface area contributed by atoms with Gasteiger partial charge in [0, 0.05) is 23.9 Å². The molecule has 0 spiro atoms. The standard InChI is InChI=1S/C20H21N3O3S/c1-4-14(24)10-17(25)18-19(23-20-16(22-18)9-12(2)27-20)21-11-13-5-7-15(26-3)8-6-13/h5-10,25H,4,11H2,1-3H3,(H,21,23). The Bertz CT molecular complexity index is 994. The third-order valence-electron chi connectivity index (χ3n) is 3.99. The fourth-order valence-electron chi connectivity index (χ4n) is 2.53. The number of carbonyl (C=O) groups is 1. The van der Waals surface area contributed by atoms with Crippen molar-refractivity contribution < 1.29 is 14.6 Å². The average Bonchev–Trinajstić information content (AvgIpc) is 3.04. The Kier molecular flexibility index (Phi) is 5.71. The molecule has 2 aromatic heterocycles. The zero-order valence-electron chi connectivity index (χ0n) is 15.4. The molecule has 0 unspecified atom stereocenters. The number of ether oxygens (including phenoxy) is 1. The molecule has 7 heteroatoms. The first kappa shape index (κ1) is 18.8. The molecule has 0 fully saturated rings. The van der Waals surface area contributed by atoms with Crippen molar-refractivity contribution in [1.82, 2.24) is 9.97 Å². The van der Waals surface area contributed by atoms with Gasteiger partial charge in [0.05, 0.1) is 7.11 Å². The van der Waals surface area contributed by atoms with Crippen molar-refractivity contribution in [2.24, 2.45) is 0 Å². The molecular formula is C20H21N3O3S. The summed E-state index contributed by atoms with van der Waals surface area (Å²) in [6.45, 7) is 4.22. The topological polar surface area (TPSA) is 84.3 Å². The van der Waals surface area contributed by atoms with E-state index in [1.807, 2.05) is 37.3 Å². The first-order chi connectivity index (χ1) is 13.0. The van der Waals surface area contributed by atoms with Crippen molar-refractivity contribution >= 4 is 39.0 Å². The maximum Gasteiger partial charge on any atom is 0.159 e. The minimum atomic E-state index is -0.183. The molecule has 3 rings (SSSR count). The largest absolute Gasteiger partial charge is 0.505 e. The van der Waals surface area contributed by atoms with Crippen LogP contribution in [-0.2, 0) is 11.3 Å². The van der Waals surface area contributed by atoms with E-state index in [0.29, 0.717) is 24.3 Å². The zero-order valence-corrected chi connectivity index (χ0v) is 16.3. The quantitative estimate of drug-likeness (QED) is 0.462. The number of benzene rings is 1. The minimum absolute atomic E-state index is 0.169. The summed E-state index contributed by atoms with van der Waals surface area (Å²) in [4.78, 5) is 22.7. The Labute approximate surface area is 161 Å². The highest BCUT2D eigenvalue weighted by atomic mass is 32.1. The molecule has 0 amide bonds. The molecule has 0 aliphatic heterocycles. The highest BCUT2D eigenvalue weighted by molar-refractivity contribution is 7.18. The minimum Gasteiger partial charge on any atom is -0.505 e. The number of thiophene rings is 1. The third-order valence-corrected chi connectivity index (χ3v) is 4.93. The van der Waals surface area contributed by atoms with Crippen LogP contribution in [0.5, 0.6) is 5.75 Å². The van der Waals surface area contributed by atoms with E-state index >= 15 is 0 Å².